The van der Waals surface area contributed by atoms with Crippen molar-refractivity contribution in [2.45, 2.75) is 0 Å². The average Bonchev–Trinajstić information content (AvgIpc) is 3.16. The summed E-state index contributed by atoms with van der Waals surface area (Å²) in [6, 6.07) is 8.30. The van der Waals surface area contributed by atoms with Crippen molar-refractivity contribution in [1.82, 2.24) is 9.78 Å². The van der Waals surface area contributed by atoms with E-state index < -0.39 is 17.9 Å². The Hall–Kier alpha value is -3.62. The van der Waals surface area contributed by atoms with Crippen LogP contribution in [0.15, 0.2) is 48.3 Å². The van der Waals surface area contributed by atoms with Crippen molar-refractivity contribution in [2.75, 3.05) is 26.6 Å². The van der Waals surface area contributed by atoms with Crippen LogP contribution in [0.3, 0.4) is 0 Å². The molecule has 9 heteroatoms. The summed E-state index contributed by atoms with van der Waals surface area (Å²) in [6.07, 6.45) is 2.61. The van der Waals surface area contributed by atoms with Gasteiger partial charge < -0.3 is 19.5 Å². The lowest BCUT2D eigenvalue weighted by molar-refractivity contribution is -0.138. The van der Waals surface area contributed by atoms with Crippen LogP contribution < -0.4 is 5.32 Å². The fourth-order valence-electron chi connectivity index (χ4n) is 1.97. The van der Waals surface area contributed by atoms with Crippen molar-refractivity contribution in [2.24, 2.45) is 0 Å². The molecule has 136 valence electrons. The number of hydrogen-bond acceptors (Lipinski definition) is 8. The summed E-state index contributed by atoms with van der Waals surface area (Å²) < 4.78 is 15.2. The highest BCUT2D eigenvalue weighted by Crippen LogP contribution is 2.16. The molecule has 1 N–H and O–H groups in total. The SMILES string of the molecule is COC(=O)/C=C(/Nc1ccc(-n2ccc(C(=O)OC)n2)cc1)C(=O)OC. The number of aromatic nitrogens is 2. The molecule has 0 unspecified atom stereocenters. The molecule has 1 aromatic heterocycles. The van der Waals surface area contributed by atoms with Crippen LogP contribution in [-0.4, -0.2) is 49.0 Å². The Balaban J connectivity index is 2.19. The summed E-state index contributed by atoms with van der Waals surface area (Å²) in [5, 5.41) is 6.90. The van der Waals surface area contributed by atoms with E-state index in [-0.39, 0.29) is 11.4 Å². The molecular weight excluding hydrogens is 342 g/mol. The van der Waals surface area contributed by atoms with Crippen molar-refractivity contribution < 1.29 is 28.6 Å². The zero-order chi connectivity index (χ0) is 19.1. The molecule has 26 heavy (non-hydrogen) atoms. The monoisotopic (exact) mass is 359 g/mol. The maximum atomic E-state index is 11.7. The van der Waals surface area contributed by atoms with Crippen molar-refractivity contribution >= 4 is 23.6 Å². The molecule has 2 rings (SSSR count). The molecule has 0 amide bonds. The molecule has 0 radical (unpaired) electrons. The summed E-state index contributed by atoms with van der Waals surface area (Å²) in [7, 11) is 3.69. The minimum Gasteiger partial charge on any atom is -0.466 e. The van der Waals surface area contributed by atoms with Gasteiger partial charge in [-0.3, -0.25) is 0 Å². The van der Waals surface area contributed by atoms with E-state index in [1.807, 2.05) is 0 Å². The first-order chi connectivity index (χ1) is 12.5. The van der Waals surface area contributed by atoms with Gasteiger partial charge in [-0.15, -0.1) is 0 Å². The highest BCUT2D eigenvalue weighted by molar-refractivity contribution is 5.98. The van der Waals surface area contributed by atoms with Gasteiger partial charge in [-0.2, -0.15) is 5.10 Å². The molecule has 0 atom stereocenters. The van der Waals surface area contributed by atoms with Crippen LogP contribution in [0.1, 0.15) is 10.5 Å². The third-order valence-corrected chi connectivity index (χ3v) is 3.26. The molecule has 0 fully saturated rings. The molecule has 0 spiro atoms. The van der Waals surface area contributed by atoms with Gasteiger partial charge in [-0.1, -0.05) is 0 Å². The highest BCUT2D eigenvalue weighted by Gasteiger charge is 2.13. The molecular formula is C17H17N3O6. The van der Waals surface area contributed by atoms with E-state index >= 15 is 0 Å². The number of anilines is 1. The Bertz CT molecular complexity index is 838. The summed E-state index contributed by atoms with van der Waals surface area (Å²) in [5.74, 6) is -1.94. The van der Waals surface area contributed by atoms with Crippen molar-refractivity contribution in [3.05, 3.63) is 54.0 Å². The minimum absolute atomic E-state index is 0.0702. The molecule has 1 aromatic carbocycles. The number of carbonyl (C=O) groups excluding carboxylic acids is 3. The number of methoxy groups -OCH3 is 3. The normalized spacial score (nSPS) is 10.8. The van der Waals surface area contributed by atoms with E-state index in [2.05, 4.69) is 24.6 Å². The maximum absolute atomic E-state index is 11.7. The van der Waals surface area contributed by atoms with E-state index in [4.69, 9.17) is 0 Å². The first-order valence-electron chi connectivity index (χ1n) is 7.38. The highest BCUT2D eigenvalue weighted by atomic mass is 16.5. The molecule has 0 aliphatic rings. The average molecular weight is 359 g/mol. The predicted octanol–water partition coefficient (Wildman–Crippen LogP) is 1.30. The van der Waals surface area contributed by atoms with Gasteiger partial charge in [0.25, 0.3) is 0 Å². The van der Waals surface area contributed by atoms with E-state index in [1.54, 1.807) is 30.5 Å². The predicted molar refractivity (Wildman–Crippen MR) is 90.6 cm³/mol. The van der Waals surface area contributed by atoms with Crippen LogP contribution in [-0.2, 0) is 23.8 Å². The van der Waals surface area contributed by atoms with Gasteiger partial charge in [0, 0.05) is 11.9 Å². The van der Waals surface area contributed by atoms with Gasteiger partial charge in [-0.05, 0) is 30.3 Å². The number of hydrogen-bond donors (Lipinski definition) is 1. The van der Waals surface area contributed by atoms with Crippen LogP contribution in [0.2, 0.25) is 0 Å². The van der Waals surface area contributed by atoms with Gasteiger partial charge in [0.2, 0.25) is 0 Å². The zero-order valence-corrected chi connectivity index (χ0v) is 14.4. The first-order valence-corrected chi connectivity index (χ1v) is 7.38. The second-order valence-corrected chi connectivity index (χ2v) is 4.88. The van der Waals surface area contributed by atoms with E-state index in [0.717, 1.165) is 6.08 Å². The summed E-state index contributed by atoms with van der Waals surface area (Å²) in [5.41, 5.74) is 1.33. The van der Waals surface area contributed by atoms with Crippen LogP contribution >= 0.6 is 0 Å². The fraction of sp³-hybridized carbons (Fsp3) is 0.176. The van der Waals surface area contributed by atoms with Gasteiger partial charge in [0.15, 0.2) is 5.69 Å². The van der Waals surface area contributed by atoms with Crippen LogP contribution in [0.25, 0.3) is 5.69 Å². The second-order valence-electron chi connectivity index (χ2n) is 4.88. The number of ether oxygens (including phenoxy) is 3. The molecule has 9 nitrogen and oxygen atoms in total. The smallest absolute Gasteiger partial charge is 0.358 e. The zero-order valence-electron chi connectivity index (χ0n) is 14.4. The molecule has 0 saturated heterocycles. The summed E-state index contributed by atoms with van der Waals surface area (Å²) >= 11 is 0. The Morgan fingerprint density at radius 2 is 1.69 bits per heavy atom. The lowest BCUT2D eigenvalue weighted by Crippen LogP contribution is -2.15. The number of benzene rings is 1. The second kappa shape index (κ2) is 8.47. The van der Waals surface area contributed by atoms with E-state index in [9.17, 15) is 14.4 Å². The number of esters is 3. The largest absolute Gasteiger partial charge is 0.466 e. The molecule has 1 heterocycles. The number of nitrogens with one attached hydrogen (secondary N) is 1. The standard InChI is InChI=1S/C17H17N3O6/c1-24-15(21)10-14(17(23)26-3)18-11-4-6-12(7-5-11)20-9-8-13(19-20)16(22)25-2/h4-10,18H,1-3H3/b14-10+. The van der Waals surface area contributed by atoms with Crippen molar-refractivity contribution in [1.29, 1.82) is 0 Å². The van der Waals surface area contributed by atoms with Gasteiger partial charge in [0.05, 0.1) is 33.1 Å². The first kappa shape index (κ1) is 18.7. The third-order valence-electron chi connectivity index (χ3n) is 3.26. The lowest BCUT2D eigenvalue weighted by Gasteiger charge is -2.10. The van der Waals surface area contributed by atoms with Gasteiger partial charge >= 0.3 is 17.9 Å². The van der Waals surface area contributed by atoms with Gasteiger partial charge in [-0.25, -0.2) is 19.1 Å². The third kappa shape index (κ3) is 4.47. The topological polar surface area (TPSA) is 109 Å². The van der Waals surface area contributed by atoms with Crippen molar-refractivity contribution in [3.63, 3.8) is 0 Å². The Labute approximate surface area is 149 Å². The van der Waals surface area contributed by atoms with Crippen LogP contribution in [0, 0.1) is 0 Å². The van der Waals surface area contributed by atoms with Crippen LogP contribution in [0.5, 0.6) is 0 Å². The van der Waals surface area contributed by atoms with Crippen molar-refractivity contribution in [3.8, 4) is 5.69 Å². The Morgan fingerprint density at radius 1 is 1.00 bits per heavy atom. The van der Waals surface area contributed by atoms with Gasteiger partial charge in [0.1, 0.15) is 5.70 Å². The number of nitrogens with zero attached hydrogens (tertiary/aromatic N) is 2. The summed E-state index contributed by atoms with van der Waals surface area (Å²) in [4.78, 5) is 34.5. The molecule has 0 saturated carbocycles. The molecule has 2 aromatic rings. The molecule has 0 aliphatic heterocycles. The van der Waals surface area contributed by atoms with E-state index in [0.29, 0.717) is 11.4 Å². The quantitative estimate of drug-likeness (QED) is 0.467. The van der Waals surface area contributed by atoms with E-state index in [1.165, 1.54) is 32.1 Å². The van der Waals surface area contributed by atoms with Crippen LogP contribution in [0.4, 0.5) is 5.69 Å². The number of rotatable bonds is 6. The molecule has 0 aliphatic carbocycles. The summed E-state index contributed by atoms with van der Waals surface area (Å²) in [6.45, 7) is 0. The Morgan fingerprint density at radius 3 is 2.27 bits per heavy atom. The minimum atomic E-state index is -0.714. The number of carbonyl (C=O) groups is 3. The maximum Gasteiger partial charge on any atom is 0.358 e. The Kier molecular flexibility index (Phi) is 6.10. The lowest BCUT2D eigenvalue weighted by atomic mass is 10.2. The molecule has 0 bridgehead atoms. The fourth-order valence-corrected chi connectivity index (χ4v) is 1.97.